The molecule has 3 rings (SSSR count). The number of hydrogen-bond acceptors (Lipinski definition) is 4. The fourth-order valence-electron chi connectivity index (χ4n) is 2.31. The molecule has 0 aliphatic rings. The van der Waals surface area contributed by atoms with E-state index in [0.717, 1.165) is 6.07 Å². The van der Waals surface area contributed by atoms with Crippen LogP contribution in [0.3, 0.4) is 0 Å². The van der Waals surface area contributed by atoms with Crippen LogP contribution in [-0.2, 0) is 6.54 Å². The Hall–Kier alpha value is -3.19. The number of nitrogens with one attached hydrogen (secondary N) is 1. The summed E-state index contributed by atoms with van der Waals surface area (Å²) >= 11 is 5.93. The molecule has 6 nitrogen and oxygen atoms in total. The number of carbonyl (C=O) groups excluding carboxylic acids is 1. The van der Waals surface area contributed by atoms with E-state index in [1.54, 1.807) is 24.3 Å². The van der Waals surface area contributed by atoms with Gasteiger partial charge in [-0.25, -0.2) is 4.39 Å². The van der Waals surface area contributed by atoms with Crippen molar-refractivity contribution in [3.05, 3.63) is 86.9 Å². The predicted molar refractivity (Wildman–Crippen MR) is 93.4 cm³/mol. The Morgan fingerprint density at radius 2 is 1.88 bits per heavy atom. The van der Waals surface area contributed by atoms with Crippen molar-refractivity contribution in [1.29, 1.82) is 0 Å². The lowest BCUT2D eigenvalue weighted by Crippen LogP contribution is -2.22. The summed E-state index contributed by atoms with van der Waals surface area (Å²) < 4.78 is 18.6. The monoisotopic (exact) mass is 374 g/mol. The first-order valence-corrected chi connectivity index (χ1v) is 7.88. The van der Waals surface area contributed by atoms with Gasteiger partial charge in [0.1, 0.15) is 17.3 Å². The second-order valence-corrected chi connectivity index (χ2v) is 5.78. The van der Waals surface area contributed by atoms with Crippen molar-refractivity contribution in [2.75, 3.05) is 0 Å². The molecule has 1 N–H and O–H groups in total. The van der Waals surface area contributed by atoms with Crippen LogP contribution in [0.5, 0.6) is 0 Å². The van der Waals surface area contributed by atoms with Gasteiger partial charge < -0.3 is 9.73 Å². The molecule has 0 unspecified atom stereocenters. The Bertz CT molecular complexity index is 970. The minimum atomic E-state index is -0.590. The zero-order valence-electron chi connectivity index (χ0n) is 13.2. The molecule has 8 heteroatoms. The highest BCUT2D eigenvalue weighted by Gasteiger charge is 2.15. The maximum atomic E-state index is 13.0. The quantitative estimate of drug-likeness (QED) is 0.523. The van der Waals surface area contributed by atoms with E-state index in [1.165, 1.54) is 24.3 Å². The van der Waals surface area contributed by atoms with Gasteiger partial charge in [0, 0.05) is 17.7 Å². The van der Waals surface area contributed by atoms with Gasteiger partial charge in [0.05, 0.1) is 22.1 Å². The first-order valence-electron chi connectivity index (χ1n) is 7.51. The fourth-order valence-corrected chi connectivity index (χ4v) is 2.57. The molecular formula is C18H12ClFN2O4. The van der Waals surface area contributed by atoms with Gasteiger partial charge in [-0.3, -0.25) is 14.9 Å². The third kappa shape index (κ3) is 3.89. The zero-order valence-corrected chi connectivity index (χ0v) is 14.0. The van der Waals surface area contributed by atoms with Crippen molar-refractivity contribution in [3.8, 4) is 11.3 Å². The number of nitrogens with zero attached hydrogens (tertiary/aromatic N) is 1. The number of nitro groups is 1. The molecule has 26 heavy (non-hydrogen) atoms. The minimum Gasteiger partial charge on any atom is -0.459 e. The van der Waals surface area contributed by atoms with Crippen molar-refractivity contribution >= 4 is 23.2 Å². The molecule has 0 bridgehead atoms. The summed E-state index contributed by atoms with van der Waals surface area (Å²) in [6, 6.07) is 12.9. The lowest BCUT2D eigenvalue weighted by Gasteiger charge is -2.05. The summed E-state index contributed by atoms with van der Waals surface area (Å²) in [6.45, 7) is 0.105. The average molecular weight is 375 g/mol. The first-order chi connectivity index (χ1) is 12.4. The van der Waals surface area contributed by atoms with Crippen LogP contribution >= 0.6 is 11.6 Å². The molecule has 1 amide bonds. The van der Waals surface area contributed by atoms with Gasteiger partial charge in [-0.1, -0.05) is 11.6 Å². The number of hydrogen-bond donors (Lipinski definition) is 1. The van der Waals surface area contributed by atoms with Crippen LogP contribution in [0.25, 0.3) is 11.3 Å². The SMILES string of the molecule is O=C(NCc1ccc(-c2ccc(F)cc2)o1)c1ccc([N+](=O)[O-])cc1Cl. The largest absolute Gasteiger partial charge is 0.459 e. The van der Waals surface area contributed by atoms with Crippen molar-refractivity contribution in [3.63, 3.8) is 0 Å². The molecule has 0 saturated carbocycles. The summed E-state index contributed by atoms with van der Waals surface area (Å²) in [4.78, 5) is 22.3. The molecule has 0 spiro atoms. The molecule has 1 aromatic heterocycles. The average Bonchev–Trinajstić information content (AvgIpc) is 3.09. The molecule has 2 aromatic carbocycles. The van der Waals surface area contributed by atoms with E-state index in [0.29, 0.717) is 17.1 Å². The molecule has 0 aliphatic heterocycles. The molecule has 132 valence electrons. The summed E-state index contributed by atoms with van der Waals surface area (Å²) in [5, 5.41) is 13.3. The number of furan rings is 1. The molecule has 0 saturated heterocycles. The van der Waals surface area contributed by atoms with Crippen LogP contribution in [0.1, 0.15) is 16.1 Å². The van der Waals surface area contributed by atoms with E-state index < -0.39 is 10.8 Å². The van der Waals surface area contributed by atoms with Crippen LogP contribution < -0.4 is 5.32 Å². The fraction of sp³-hybridized carbons (Fsp3) is 0.0556. The van der Waals surface area contributed by atoms with E-state index >= 15 is 0 Å². The lowest BCUT2D eigenvalue weighted by molar-refractivity contribution is -0.384. The van der Waals surface area contributed by atoms with Crippen LogP contribution in [-0.4, -0.2) is 10.8 Å². The van der Waals surface area contributed by atoms with E-state index in [1.807, 2.05) is 0 Å². The lowest BCUT2D eigenvalue weighted by atomic mass is 10.2. The van der Waals surface area contributed by atoms with Crippen LogP contribution in [0, 0.1) is 15.9 Å². The summed E-state index contributed by atoms with van der Waals surface area (Å²) in [5.74, 6) is 0.218. The number of carbonyl (C=O) groups is 1. The third-order valence-corrected chi connectivity index (χ3v) is 3.93. The van der Waals surface area contributed by atoms with E-state index in [4.69, 9.17) is 16.0 Å². The highest BCUT2D eigenvalue weighted by atomic mass is 35.5. The number of rotatable bonds is 5. The predicted octanol–water partition coefficient (Wildman–Crippen LogP) is 4.58. The number of halogens is 2. The first kappa shape index (κ1) is 17.6. The Kier molecular flexibility index (Phi) is 4.99. The second kappa shape index (κ2) is 7.37. The van der Waals surface area contributed by atoms with Gasteiger partial charge in [0.25, 0.3) is 11.6 Å². The summed E-state index contributed by atoms with van der Waals surface area (Å²) in [5.41, 5.74) is 0.645. The number of nitro benzene ring substituents is 1. The molecule has 0 atom stereocenters. The van der Waals surface area contributed by atoms with Gasteiger partial charge >= 0.3 is 0 Å². The minimum absolute atomic E-state index is 0.0110. The second-order valence-electron chi connectivity index (χ2n) is 5.38. The molecule has 1 heterocycles. The highest BCUT2D eigenvalue weighted by Crippen LogP contribution is 2.24. The standard InChI is InChI=1S/C18H12ClFN2O4/c19-16-9-13(22(24)25)5-7-15(16)18(23)21-10-14-6-8-17(26-14)11-1-3-12(20)4-2-11/h1-9H,10H2,(H,21,23). The van der Waals surface area contributed by atoms with Gasteiger partial charge in [0.15, 0.2) is 0 Å². The number of non-ortho nitro benzene ring substituents is 1. The zero-order chi connectivity index (χ0) is 18.7. The van der Waals surface area contributed by atoms with Crippen molar-refractivity contribution in [2.24, 2.45) is 0 Å². The molecule has 0 aliphatic carbocycles. The Balaban J connectivity index is 1.67. The van der Waals surface area contributed by atoms with E-state index in [2.05, 4.69) is 5.32 Å². The van der Waals surface area contributed by atoms with Crippen molar-refractivity contribution in [2.45, 2.75) is 6.54 Å². The van der Waals surface area contributed by atoms with Crippen LogP contribution in [0.15, 0.2) is 59.0 Å². The Morgan fingerprint density at radius 1 is 1.15 bits per heavy atom. The topological polar surface area (TPSA) is 85.4 Å². The summed E-state index contributed by atoms with van der Waals surface area (Å²) in [6.07, 6.45) is 0. The van der Waals surface area contributed by atoms with Gasteiger partial charge in [-0.2, -0.15) is 0 Å². The molecular weight excluding hydrogens is 363 g/mol. The maximum absolute atomic E-state index is 13.0. The Labute approximate surface area is 152 Å². The number of amides is 1. The van der Waals surface area contributed by atoms with Crippen molar-refractivity contribution < 1.29 is 18.5 Å². The van der Waals surface area contributed by atoms with Gasteiger partial charge in [-0.05, 0) is 42.5 Å². The molecule has 0 radical (unpaired) electrons. The molecule has 3 aromatic rings. The van der Waals surface area contributed by atoms with Crippen LogP contribution in [0.2, 0.25) is 5.02 Å². The smallest absolute Gasteiger partial charge is 0.270 e. The third-order valence-electron chi connectivity index (χ3n) is 3.62. The van der Waals surface area contributed by atoms with Crippen LogP contribution in [0.4, 0.5) is 10.1 Å². The number of benzene rings is 2. The van der Waals surface area contributed by atoms with Crippen molar-refractivity contribution in [1.82, 2.24) is 5.32 Å². The van der Waals surface area contributed by atoms with E-state index in [-0.39, 0.29) is 28.6 Å². The summed E-state index contributed by atoms with van der Waals surface area (Å²) in [7, 11) is 0. The highest BCUT2D eigenvalue weighted by molar-refractivity contribution is 6.34. The van der Waals surface area contributed by atoms with E-state index in [9.17, 15) is 19.3 Å². The van der Waals surface area contributed by atoms with Gasteiger partial charge in [0.2, 0.25) is 0 Å². The van der Waals surface area contributed by atoms with Gasteiger partial charge in [-0.15, -0.1) is 0 Å². The maximum Gasteiger partial charge on any atom is 0.270 e. The Morgan fingerprint density at radius 3 is 2.54 bits per heavy atom. The molecule has 0 fully saturated rings. The normalized spacial score (nSPS) is 10.5.